The molecule has 2 fully saturated rings. The van der Waals surface area contributed by atoms with Gasteiger partial charge in [-0.3, -0.25) is 9.88 Å². The van der Waals surface area contributed by atoms with Crippen LogP contribution in [0.25, 0.3) is 0 Å². The molecule has 2 aromatic heterocycles. The molecule has 4 heterocycles. The number of likely N-dealkylation sites (tertiary alicyclic amines) is 1. The third kappa shape index (κ3) is 3.54. The molecular formula is C19H24N2O2S. The number of rotatable bonds is 5. The Kier molecular flexibility index (Phi) is 4.94. The summed E-state index contributed by atoms with van der Waals surface area (Å²) in [5, 5.41) is 0. The van der Waals surface area contributed by atoms with Gasteiger partial charge in [0.2, 0.25) is 0 Å². The van der Waals surface area contributed by atoms with Gasteiger partial charge in [-0.15, -0.1) is 11.3 Å². The Balaban J connectivity index is 1.42. The van der Waals surface area contributed by atoms with Crippen molar-refractivity contribution < 1.29 is 9.47 Å². The summed E-state index contributed by atoms with van der Waals surface area (Å²) in [7, 11) is 0. The maximum Gasteiger partial charge on any atom is 0.100 e. The maximum absolute atomic E-state index is 6.23. The second-order valence-electron chi connectivity index (χ2n) is 6.70. The van der Waals surface area contributed by atoms with Crippen molar-refractivity contribution in [2.75, 3.05) is 13.2 Å². The molecule has 2 saturated heterocycles. The molecule has 4 nitrogen and oxygen atoms in total. The van der Waals surface area contributed by atoms with Crippen molar-refractivity contribution in [1.29, 1.82) is 0 Å². The minimum absolute atomic E-state index is 0.150. The van der Waals surface area contributed by atoms with E-state index in [2.05, 4.69) is 35.0 Å². The highest BCUT2D eigenvalue weighted by Gasteiger charge is 2.44. The van der Waals surface area contributed by atoms with Crippen LogP contribution < -0.4 is 0 Å². The number of ether oxygens (including phenoxy) is 2. The fraction of sp³-hybridized carbons (Fsp3) is 0.526. The molecule has 0 spiro atoms. The summed E-state index contributed by atoms with van der Waals surface area (Å²) in [5.74, 6) is 0. The first kappa shape index (κ1) is 16.2. The molecule has 2 aliphatic heterocycles. The molecular weight excluding hydrogens is 320 g/mol. The van der Waals surface area contributed by atoms with E-state index in [0.717, 1.165) is 31.7 Å². The van der Waals surface area contributed by atoms with E-state index in [0.29, 0.717) is 12.6 Å². The van der Waals surface area contributed by atoms with Gasteiger partial charge in [0.15, 0.2) is 0 Å². The fourth-order valence-electron chi connectivity index (χ4n) is 3.79. The van der Waals surface area contributed by atoms with Gasteiger partial charge in [0, 0.05) is 47.9 Å². The maximum atomic E-state index is 6.23. The third-order valence-corrected chi connectivity index (χ3v) is 5.91. The molecule has 24 heavy (non-hydrogen) atoms. The summed E-state index contributed by atoms with van der Waals surface area (Å²) in [6.45, 7) is 5.60. The monoisotopic (exact) mass is 344 g/mol. The number of hydrogen-bond acceptors (Lipinski definition) is 5. The molecule has 0 unspecified atom stereocenters. The number of fused-ring (bicyclic) bond motifs is 1. The van der Waals surface area contributed by atoms with Crippen molar-refractivity contribution in [3.05, 3.63) is 52.0 Å². The Bertz CT molecular complexity index is 660. The zero-order valence-corrected chi connectivity index (χ0v) is 14.9. The van der Waals surface area contributed by atoms with Gasteiger partial charge in [-0.25, -0.2) is 0 Å². The quantitative estimate of drug-likeness (QED) is 0.833. The van der Waals surface area contributed by atoms with E-state index in [1.54, 1.807) is 6.20 Å². The number of pyridine rings is 1. The van der Waals surface area contributed by atoms with Gasteiger partial charge < -0.3 is 9.47 Å². The highest BCUT2D eigenvalue weighted by Crippen LogP contribution is 2.33. The Morgan fingerprint density at radius 3 is 3.12 bits per heavy atom. The number of aromatic nitrogens is 1. The lowest BCUT2D eigenvalue weighted by Gasteiger charge is -2.32. The number of hydrogen-bond donors (Lipinski definition) is 0. The van der Waals surface area contributed by atoms with Crippen molar-refractivity contribution in [3.8, 4) is 0 Å². The van der Waals surface area contributed by atoms with Crippen LogP contribution in [0.1, 0.15) is 28.2 Å². The highest BCUT2D eigenvalue weighted by molar-refractivity contribution is 7.11. The highest BCUT2D eigenvalue weighted by atomic mass is 32.1. The van der Waals surface area contributed by atoms with E-state index in [9.17, 15) is 0 Å². The van der Waals surface area contributed by atoms with E-state index >= 15 is 0 Å². The van der Waals surface area contributed by atoms with Gasteiger partial charge >= 0.3 is 0 Å². The number of nitrogens with zero attached hydrogens (tertiary/aromatic N) is 2. The summed E-state index contributed by atoms with van der Waals surface area (Å²) < 4.78 is 12.3. The number of thiophene rings is 1. The Morgan fingerprint density at radius 1 is 1.38 bits per heavy atom. The van der Waals surface area contributed by atoms with Crippen LogP contribution in [0.15, 0.2) is 36.7 Å². The molecule has 3 atom stereocenters. The predicted octanol–water partition coefficient (Wildman–Crippen LogP) is 3.40. The minimum Gasteiger partial charge on any atom is -0.374 e. The largest absolute Gasteiger partial charge is 0.374 e. The van der Waals surface area contributed by atoms with Crippen molar-refractivity contribution in [3.63, 3.8) is 0 Å². The Morgan fingerprint density at radius 2 is 2.33 bits per heavy atom. The zero-order valence-electron chi connectivity index (χ0n) is 14.1. The van der Waals surface area contributed by atoms with E-state index in [4.69, 9.17) is 9.47 Å². The van der Waals surface area contributed by atoms with E-state index in [1.807, 2.05) is 23.6 Å². The average molecular weight is 344 g/mol. The second-order valence-corrected chi connectivity index (χ2v) is 8.07. The smallest absolute Gasteiger partial charge is 0.100 e. The summed E-state index contributed by atoms with van der Waals surface area (Å²) >= 11 is 1.89. The average Bonchev–Trinajstić information content (AvgIpc) is 3.18. The first-order valence-electron chi connectivity index (χ1n) is 8.71. The lowest BCUT2D eigenvalue weighted by atomic mass is 10.0. The molecule has 5 heteroatoms. The van der Waals surface area contributed by atoms with Crippen molar-refractivity contribution in [1.82, 2.24) is 9.88 Å². The molecule has 0 aromatic carbocycles. The van der Waals surface area contributed by atoms with Crippen LogP contribution in [0.4, 0.5) is 0 Å². The molecule has 0 amide bonds. The molecule has 0 radical (unpaired) electrons. The van der Waals surface area contributed by atoms with Gasteiger partial charge in [-0.05, 0) is 43.5 Å². The van der Waals surface area contributed by atoms with E-state index in [-0.39, 0.29) is 12.2 Å². The van der Waals surface area contributed by atoms with Crippen molar-refractivity contribution in [2.45, 2.75) is 51.2 Å². The zero-order chi connectivity index (χ0) is 16.4. The molecule has 0 aliphatic carbocycles. The van der Waals surface area contributed by atoms with E-state index < -0.39 is 0 Å². The van der Waals surface area contributed by atoms with Crippen LogP contribution in [0.2, 0.25) is 0 Å². The van der Waals surface area contributed by atoms with Gasteiger partial charge in [0.05, 0.1) is 12.7 Å². The fourth-order valence-corrected chi connectivity index (χ4v) is 4.71. The standard InChI is InChI=1S/C19H24N2O2S/c1-14-6-7-16(24-14)11-21-12-18(19-17(21)5-3-9-22-19)23-13-15-4-2-8-20-10-15/h2,4,6-8,10,17-19H,3,5,9,11-13H2,1H3/t17-,18+,19-/m0/s1. The van der Waals surface area contributed by atoms with Gasteiger partial charge in [-0.1, -0.05) is 6.07 Å². The summed E-state index contributed by atoms with van der Waals surface area (Å²) in [4.78, 5) is 9.54. The van der Waals surface area contributed by atoms with Crippen molar-refractivity contribution >= 4 is 11.3 Å². The van der Waals surface area contributed by atoms with Gasteiger partial charge in [0.25, 0.3) is 0 Å². The molecule has 4 rings (SSSR count). The Labute approximate surface area is 147 Å². The first-order valence-corrected chi connectivity index (χ1v) is 9.53. The van der Waals surface area contributed by atoms with Crippen LogP contribution in [0.5, 0.6) is 0 Å². The lowest BCUT2D eigenvalue weighted by Crippen LogP contribution is -2.41. The third-order valence-electron chi connectivity index (χ3n) is 4.93. The minimum atomic E-state index is 0.150. The SMILES string of the molecule is Cc1ccc(CN2C[C@@H](OCc3cccnc3)[C@H]3OCCC[C@@H]32)s1. The Hall–Kier alpha value is -1.27. The van der Waals surface area contributed by atoms with Crippen LogP contribution in [-0.2, 0) is 22.6 Å². The lowest BCUT2D eigenvalue weighted by molar-refractivity contribution is -0.0819. The molecule has 0 saturated carbocycles. The molecule has 0 N–H and O–H groups in total. The summed E-state index contributed by atoms with van der Waals surface area (Å²) in [6, 6.07) is 8.97. The molecule has 0 bridgehead atoms. The number of aryl methyl sites for hydroxylation is 1. The van der Waals surface area contributed by atoms with Crippen molar-refractivity contribution in [2.24, 2.45) is 0 Å². The molecule has 128 valence electrons. The van der Waals surface area contributed by atoms with Crippen LogP contribution in [0.3, 0.4) is 0 Å². The van der Waals surface area contributed by atoms with E-state index in [1.165, 1.54) is 16.2 Å². The van der Waals surface area contributed by atoms with Gasteiger partial charge in [-0.2, -0.15) is 0 Å². The second kappa shape index (κ2) is 7.31. The summed E-state index contributed by atoms with van der Waals surface area (Å²) in [5.41, 5.74) is 1.12. The first-order chi connectivity index (χ1) is 11.8. The van der Waals surface area contributed by atoms with Crippen LogP contribution in [-0.4, -0.2) is 41.3 Å². The predicted molar refractivity (Wildman–Crippen MR) is 95.0 cm³/mol. The van der Waals surface area contributed by atoms with Crippen LogP contribution in [0, 0.1) is 6.92 Å². The topological polar surface area (TPSA) is 34.6 Å². The van der Waals surface area contributed by atoms with Gasteiger partial charge in [0.1, 0.15) is 6.10 Å². The molecule has 2 aromatic rings. The van der Waals surface area contributed by atoms with Crippen LogP contribution >= 0.6 is 11.3 Å². The normalized spacial score (nSPS) is 27.3. The summed E-state index contributed by atoms with van der Waals surface area (Å²) in [6.07, 6.45) is 6.39. The molecule has 2 aliphatic rings.